The molecule has 0 aliphatic rings. The van der Waals surface area contributed by atoms with E-state index in [-0.39, 0.29) is 24.0 Å². The fraction of sp³-hybridized carbons (Fsp3) is 0.200. The summed E-state index contributed by atoms with van der Waals surface area (Å²) in [6, 6.07) is 15.7. The van der Waals surface area contributed by atoms with E-state index in [0.29, 0.717) is 0 Å². The monoisotopic (exact) mass is 380 g/mol. The minimum absolute atomic E-state index is 0.0569. The van der Waals surface area contributed by atoms with Crippen LogP contribution < -0.4 is 15.1 Å². The van der Waals surface area contributed by atoms with Crippen LogP contribution in [-0.4, -0.2) is 22.4 Å². The zero-order chi connectivity index (χ0) is 19.9. The number of anilines is 1. The van der Waals surface area contributed by atoms with E-state index < -0.39 is 12.0 Å². The van der Waals surface area contributed by atoms with Gasteiger partial charge in [-0.15, -0.1) is 0 Å². The number of amidine groups is 1. The van der Waals surface area contributed by atoms with Gasteiger partial charge in [-0.05, 0) is 27.9 Å². The van der Waals surface area contributed by atoms with E-state index in [0.717, 1.165) is 12.0 Å². The smallest absolute Gasteiger partial charge is 0.335 e. The lowest BCUT2D eigenvalue weighted by Gasteiger charge is -2.09. The van der Waals surface area contributed by atoms with E-state index in [1.54, 1.807) is 23.0 Å². The van der Waals surface area contributed by atoms with Crippen LogP contribution in [0.5, 0.6) is 0 Å². The molecular formula is C20H20N4O4. The second-order valence-electron chi connectivity index (χ2n) is 6.33. The Balaban J connectivity index is 1.56. The summed E-state index contributed by atoms with van der Waals surface area (Å²) in [4.78, 5) is 14.7. The molecule has 0 saturated heterocycles. The summed E-state index contributed by atoms with van der Waals surface area (Å²) in [6.45, 7) is 2.14. The molecule has 8 heteroatoms. The van der Waals surface area contributed by atoms with Crippen molar-refractivity contribution in [2.45, 2.75) is 25.9 Å². The van der Waals surface area contributed by atoms with Gasteiger partial charge in [-0.3, -0.25) is 9.52 Å². The summed E-state index contributed by atoms with van der Waals surface area (Å²) in [5.74, 6) is -0.795. The maximum Gasteiger partial charge on any atom is 0.335 e. The molecule has 0 bridgehead atoms. The van der Waals surface area contributed by atoms with Crippen molar-refractivity contribution in [3.8, 4) is 0 Å². The molecule has 3 rings (SSSR count). The number of aromatic carboxylic acids is 1. The highest BCUT2D eigenvalue weighted by molar-refractivity contribution is 5.87. The highest BCUT2D eigenvalue weighted by Crippen LogP contribution is 2.10. The topological polar surface area (TPSA) is 115 Å². The Labute approximate surface area is 161 Å². The first kappa shape index (κ1) is 19.1. The summed E-state index contributed by atoms with van der Waals surface area (Å²) >= 11 is 0. The van der Waals surface area contributed by atoms with E-state index >= 15 is 0 Å². The van der Waals surface area contributed by atoms with Gasteiger partial charge in [-0.25, -0.2) is 4.79 Å². The quantitative estimate of drug-likeness (QED) is 0.367. The zero-order valence-electron chi connectivity index (χ0n) is 15.3. The van der Waals surface area contributed by atoms with E-state index in [1.165, 1.54) is 17.7 Å². The number of nitrogens with zero attached hydrogens (tertiary/aromatic N) is 3. The van der Waals surface area contributed by atoms with E-state index in [4.69, 9.17) is 9.63 Å². The largest absolute Gasteiger partial charge is 0.846 e. The van der Waals surface area contributed by atoms with E-state index in [1.807, 2.05) is 37.3 Å². The summed E-state index contributed by atoms with van der Waals surface area (Å²) in [5, 5.41) is 27.3. The molecule has 2 aromatic carbocycles. The summed E-state index contributed by atoms with van der Waals surface area (Å²) < 4.78 is 6.79. The van der Waals surface area contributed by atoms with Crippen LogP contribution in [0.25, 0.3) is 0 Å². The van der Waals surface area contributed by atoms with Crippen LogP contribution in [0.1, 0.15) is 34.5 Å². The Morgan fingerprint density at radius 3 is 2.61 bits per heavy atom. The number of hydrogen-bond acceptors (Lipinski definition) is 5. The van der Waals surface area contributed by atoms with Crippen LogP contribution in [0, 0.1) is 0 Å². The maximum atomic E-state index is 12.0. The van der Waals surface area contributed by atoms with Gasteiger partial charge in [0.15, 0.2) is 6.04 Å². The molecule has 8 nitrogen and oxygen atoms in total. The average molecular weight is 380 g/mol. The first-order valence-electron chi connectivity index (χ1n) is 8.74. The SMILES string of the molecule is CC(Cc1ccccc1)[n+]1cc(NC([O-])=NCc2ccc(C(=O)O)cc2)on1. The summed E-state index contributed by atoms with van der Waals surface area (Å²) in [6.07, 6.45) is 2.39. The van der Waals surface area contributed by atoms with E-state index in [9.17, 15) is 9.90 Å². The molecule has 144 valence electrons. The molecule has 0 spiro atoms. The molecule has 1 aromatic heterocycles. The van der Waals surface area contributed by atoms with Gasteiger partial charge in [0, 0.05) is 13.3 Å². The normalized spacial score (nSPS) is 12.5. The Bertz CT molecular complexity index is 952. The fourth-order valence-corrected chi connectivity index (χ4v) is 2.63. The Kier molecular flexibility index (Phi) is 6.01. The molecule has 0 amide bonds. The van der Waals surface area contributed by atoms with Crippen LogP contribution in [0.15, 0.2) is 70.3 Å². The number of benzene rings is 2. The molecule has 1 unspecified atom stereocenters. The lowest BCUT2D eigenvalue weighted by atomic mass is 10.1. The van der Waals surface area contributed by atoms with Crippen molar-refractivity contribution in [1.29, 1.82) is 0 Å². The highest BCUT2D eigenvalue weighted by Gasteiger charge is 2.19. The van der Waals surface area contributed by atoms with Gasteiger partial charge in [0.05, 0.1) is 18.1 Å². The summed E-state index contributed by atoms with van der Waals surface area (Å²) in [7, 11) is 0. The molecule has 28 heavy (non-hydrogen) atoms. The molecule has 0 saturated carbocycles. The van der Waals surface area contributed by atoms with Gasteiger partial charge in [0.25, 0.3) is 12.1 Å². The minimum Gasteiger partial charge on any atom is -0.846 e. The second-order valence-corrected chi connectivity index (χ2v) is 6.33. The van der Waals surface area contributed by atoms with Gasteiger partial charge >= 0.3 is 5.97 Å². The lowest BCUT2D eigenvalue weighted by Crippen LogP contribution is -2.40. The van der Waals surface area contributed by atoms with Crippen molar-refractivity contribution in [3.05, 3.63) is 77.5 Å². The Morgan fingerprint density at radius 2 is 1.93 bits per heavy atom. The zero-order valence-corrected chi connectivity index (χ0v) is 15.3. The third kappa shape index (κ3) is 5.16. The van der Waals surface area contributed by atoms with Gasteiger partial charge in [0.1, 0.15) is 0 Å². The number of hydrogen-bond donors (Lipinski definition) is 2. The molecule has 0 aliphatic carbocycles. The Morgan fingerprint density at radius 1 is 1.21 bits per heavy atom. The van der Waals surface area contributed by atoms with Crippen molar-refractivity contribution in [2.75, 3.05) is 5.32 Å². The second kappa shape index (κ2) is 8.81. The molecule has 1 heterocycles. The number of carboxylic acid groups (broad SMARTS) is 1. The van der Waals surface area contributed by atoms with Gasteiger partial charge in [-0.1, -0.05) is 42.5 Å². The Hall–Kier alpha value is -3.68. The number of aliphatic imine (C=N–C) groups is 1. The number of carbonyl (C=O) groups is 1. The lowest BCUT2D eigenvalue weighted by molar-refractivity contribution is -0.782. The molecule has 0 radical (unpaired) electrons. The van der Waals surface area contributed by atoms with Crippen molar-refractivity contribution in [1.82, 2.24) is 5.27 Å². The summed E-state index contributed by atoms with van der Waals surface area (Å²) in [5.41, 5.74) is 2.09. The van der Waals surface area contributed by atoms with Crippen LogP contribution in [0.2, 0.25) is 0 Å². The predicted molar refractivity (Wildman–Crippen MR) is 99.7 cm³/mol. The number of nitrogens with one attached hydrogen (secondary N) is 1. The predicted octanol–water partition coefficient (Wildman–Crippen LogP) is 1.79. The fourth-order valence-electron chi connectivity index (χ4n) is 2.63. The number of rotatable bonds is 7. The third-order valence-electron chi connectivity index (χ3n) is 4.14. The number of carboxylic acids is 1. The third-order valence-corrected chi connectivity index (χ3v) is 4.14. The molecule has 0 aliphatic heterocycles. The highest BCUT2D eigenvalue weighted by atomic mass is 16.5. The average Bonchev–Trinajstić information content (AvgIpc) is 3.16. The standard InChI is InChI=1S/C20H20N4O4/c1-14(11-15-5-3-2-4-6-15)24-13-18(28-23-24)22-20(27)21-12-16-7-9-17(10-8-16)19(25)26/h2-10,13-14H,11-12H2,1H3,(H2-,21,22,23,25,26,27). The molecule has 3 aromatic rings. The van der Waals surface area contributed by atoms with Gasteiger partial charge in [-0.2, -0.15) is 0 Å². The maximum absolute atomic E-state index is 12.0. The van der Waals surface area contributed by atoms with Gasteiger partial charge < -0.3 is 15.5 Å². The molecule has 1 atom stereocenters. The van der Waals surface area contributed by atoms with Crippen molar-refractivity contribution in [2.24, 2.45) is 4.99 Å². The molecular weight excluding hydrogens is 360 g/mol. The van der Waals surface area contributed by atoms with Crippen molar-refractivity contribution < 1.29 is 24.2 Å². The van der Waals surface area contributed by atoms with E-state index in [2.05, 4.69) is 15.6 Å². The van der Waals surface area contributed by atoms with Gasteiger partial charge in [0.2, 0.25) is 5.27 Å². The number of aromatic nitrogens is 2. The molecule has 0 fully saturated rings. The minimum atomic E-state index is -0.999. The van der Waals surface area contributed by atoms with Crippen LogP contribution in [-0.2, 0) is 13.0 Å². The molecule has 2 N–H and O–H groups in total. The van der Waals surface area contributed by atoms with Crippen LogP contribution in [0.4, 0.5) is 5.88 Å². The van der Waals surface area contributed by atoms with Crippen molar-refractivity contribution in [3.63, 3.8) is 0 Å². The first-order chi connectivity index (χ1) is 13.5. The van der Waals surface area contributed by atoms with Crippen LogP contribution >= 0.6 is 0 Å². The first-order valence-corrected chi connectivity index (χ1v) is 8.74. The van der Waals surface area contributed by atoms with Crippen LogP contribution in [0.3, 0.4) is 0 Å². The van der Waals surface area contributed by atoms with Crippen molar-refractivity contribution >= 4 is 17.9 Å².